The van der Waals surface area contributed by atoms with E-state index in [1.165, 1.54) is 25.7 Å². The summed E-state index contributed by atoms with van der Waals surface area (Å²) >= 11 is 0. The molecule has 322 valence electrons. The lowest BCUT2D eigenvalue weighted by Crippen LogP contribution is -2.29. The maximum atomic E-state index is 12.6. The number of phosphoric acid groups is 1. The Morgan fingerprint density at radius 2 is 0.964 bits per heavy atom. The highest BCUT2D eigenvalue weighted by Gasteiger charge is 2.26. The number of rotatable bonds is 40. The van der Waals surface area contributed by atoms with Crippen molar-refractivity contribution in [1.82, 2.24) is 0 Å². The number of hydrogen-bond acceptors (Lipinski definition) is 8. The molecule has 0 aliphatic carbocycles. The predicted octanol–water partition coefficient (Wildman–Crippen LogP) is 11.9. The van der Waals surface area contributed by atoms with E-state index in [0.29, 0.717) is 13.0 Å². The SMILES string of the molecule is CC/C=C\C/C=C\C/C=C\C/C=C\CCCCCCCCCCC(=O)OC(COCCCCCC/C=C\C/C=C\C/C=C\CC)COP(=O)(O)OCC(O)CO. The van der Waals surface area contributed by atoms with Gasteiger partial charge >= 0.3 is 13.8 Å². The third kappa shape index (κ3) is 41.3. The summed E-state index contributed by atoms with van der Waals surface area (Å²) in [5, 5.41) is 18.3. The number of phosphoric ester groups is 1. The van der Waals surface area contributed by atoms with Crippen LogP contribution in [0.4, 0.5) is 0 Å². The Morgan fingerprint density at radius 3 is 1.45 bits per heavy atom. The van der Waals surface area contributed by atoms with Crippen LogP contribution in [0.5, 0.6) is 0 Å². The first kappa shape index (κ1) is 53.6. The van der Waals surface area contributed by atoms with Gasteiger partial charge in [-0.3, -0.25) is 13.8 Å². The molecule has 3 N–H and O–H groups in total. The summed E-state index contributed by atoms with van der Waals surface area (Å²) < 4.78 is 33.3. The van der Waals surface area contributed by atoms with Crippen molar-refractivity contribution in [3.63, 3.8) is 0 Å². The minimum absolute atomic E-state index is 0.0256. The standard InChI is InChI=1S/C46H79O9P/c1-3-5-7-9-11-13-15-17-19-20-21-22-23-24-25-26-28-30-32-34-36-38-46(49)55-45(43-54-56(50,51)53-41-44(48)40-47)42-52-39-37-35-33-31-29-27-18-16-14-12-10-8-6-4-2/h5-8,11-14,17-19,21-22,27,44-45,47-48H,3-4,9-10,15-16,20,23-26,28-43H2,1-2H3,(H,50,51)/b7-5-,8-6-,13-11-,14-12-,19-17-,22-21-,27-18-. The average molecular weight is 807 g/mol. The fourth-order valence-corrected chi connectivity index (χ4v) is 6.15. The maximum Gasteiger partial charge on any atom is 0.472 e. The zero-order chi connectivity index (χ0) is 41.1. The van der Waals surface area contributed by atoms with Gasteiger partial charge in [0, 0.05) is 13.0 Å². The van der Waals surface area contributed by atoms with E-state index in [2.05, 4.69) is 98.9 Å². The fourth-order valence-electron chi connectivity index (χ4n) is 5.36. The van der Waals surface area contributed by atoms with E-state index in [0.717, 1.165) is 103 Å². The highest BCUT2D eigenvalue weighted by molar-refractivity contribution is 7.47. The van der Waals surface area contributed by atoms with E-state index in [9.17, 15) is 19.4 Å². The lowest BCUT2D eigenvalue weighted by molar-refractivity contribution is -0.154. The molecule has 0 fully saturated rings. The van der Waals surface area contributed by atoms with Crippen LogP contribution in [-0.2, 0) is 27.9 Å². The quantitative estimate of drug-likeness (QED) is 0.0240. The minimum atomic E-state index is -4.53. The molecule has 56 heavy (non-hydrogen) atoms. The van der Waals surface area contributed by atoms with E-state index < -0.39 is 45.8 Å². The van der Waals surface area contributed by atoms with Crippen molar-refractivity contribution in [3.05, 3.63) is 85.1 Å². The number of allylic oxidation sites excluding steroid dienone is 14. The summed E-state index contributed by atoms with van der Waals surface area (Å²) in [5.74, 6) is -0.403. The fraction of sp³-hybridized carbons (Fsp3) is 0.674. The highest BCUT2D eigenvalue weighted by atomic mass is 31.2. The summed E-state index contributed by atoms with van der Waals surface area (Å²) in [6.07, 6.45) is 51.1. The Hall–Kier alpha value is -2.36. The summed E-state index contributed by atoms with van der Waals surface area (Å²) in [7, 11) is -4.53. The van der Waals surface area contributed by atoms with Gasteiger partial charge in [0.1, 0.15) is 12.2 Å². The van der Waals surface area contributed by atoms with Gasteiger partial charge in [0.25, 0.3) is 0 Å². The molecule has 0 aromatic carbocycles. The van der Waals surface area contributed by atoms with Gasteiger partial charge in [0.15, 0.2) is 0 Å². The summed E-state index contributed by atoms with van der Waals surface area (Å²) in [4.78, 5) is 22.6. The largest absolute Gasteiger partial charge is 0.472 e. The Morgan fingerprint density at radius 1 is 0.554 bits per heavy atom. The molecular weight excluding hydrogens is 727 g/mol. The number of carbonyl (C=O) groups is 1. The smallest absolute Gasteiger partial charge is 0.457 e. The van der Waals surface area contributed by atoms with Gasteiger partial charge in [0.2, 0.25) is 0 Å². The molecule has 0 aliphatic rings. The molecule has 0 aliphatic heterocycles. The van der Waals surface area contributed by atoms with Crippen molar-refractivity contribution in [2.75, 3.05) is 33.0 Å². The lowest BCUT2D eigenvalue weighted by Gasteiger charge is -2.20. The third-order valence-electron chi connectivity index (χ3n) is 8.58. The molecule has 3 atom stereocenters. The van der Waals surface area contributed by atoms with Crippen molar-refractivity contribution >= 4 is 13.8 Å². The first-order chi connectivity index (χ1) is 27.3. The molecule has 0 rings (SSSR count). The molecule has 0 heterocycles. The Kier molecular flexibility index (Phi) is 40.5. The van der Waals surface area contributed by atoms with Crippen molar-refractivity contribution < 1.29 is 43.0 Å². The van der Waals surface area contributed by atoms with Gasteiger partial charge in [-0.05, 0) is 83.5 Å². The molecule has 0 amide bonds. The molecule has 10 heteroatoms. The average Bonchev–Trinajstić information content (AvgIpc) is 3.19. The minimum Gasteiger partial charge on any atom is -0.457 e. The normalized spacial score (nSPS) is 14.9. The third-order valence-corrected chi connectivity index (χ3v) is 9.53. The number of esters is 1. The van der Waals surface area contributed by atoms with Crippen molar-refractivity contribution in [2.24, 2.45) is 0 Å². The number of aliphatic hydroxyl groups is 2. The van der Waals surface area contributed by atoms with Crippen LogP contribution in [0.1, 0.15) is 155 Å². The van der Waals surface area contributed by atoms with E-state index in [-0.39, 0.29) is 13.0 Å². The topological polar surface area (TPSA) is 132 Å². The molecule has 0 bridgehead atoms. The van der Waals surface area contributed by atoms with Gasteiger partial charge in [-0.15, -0.1) is 0 Å². The van der Waals surface area contributed by atoms with Crippen LogP contribution in [0.3, 0.4) is 0 Å². The van der Waals surface area contributed by atoms with Gasteiger partial charge in [-0.2, -0.15) is 0 Å². The second-order valence-electron chi connectivity index (χ2n) is 13.9. The van der Waals surface area contributed by atoms with E-state index in [4.69, 9.17) is 23.6 Å². The van der Waals surface area contributed by atoms with Gasteiger partial charge < -0.3 is 24.6 Å². The zero-order valence-electron chi connectivity index (χ0n) is 35.1. The molecule has 0 saturated heterocycles. The van der Waals surface area contributed by atoms with Crippen LogP contribution in [0.25, 0.3) is 0 Å². The monoisotopic (exact) mass is 807 g/mol. The van der Waals surface area contributed by atoms with E-state index >= 15 is 0 Å². The van der Waals surface area contributed by atoms with Crippen LogP contribution in [0.2, 0.25) is 0 Å². The molecule has 0 aromatic heterocycles. The number of unbranched alkanes of at least 4 members (excludes halogenated alkanes) is 12. The van der Waals surface area contributed by atoms with Crippen LogP contribution in [-0.4, -0.2) is 66.3 Å². The van der Waals surface area contributed by atoms with Crippen molar-refractivity contribution in [1.29, 1.82) is 0 Å². The predicted molar refractivity (Wildman–Crippen MR) is 232 cm³/mol. The van der Waals surface area contributed by atoms with Crippen molar-refractivity contribution in [2.45, 2.75) is 167 Å². The number of ether oxygens (including phenoxy) is 2. The summed E-state index contributed by atoms with van der Waals surface area (Å²) in [5.41, 5.74) is 0. The Bertz CT molecular complexity index is 1140. The van der Waals surface area contributed by atoms with Crippen LogP contribution in [0, 0.1) is 0 Å². The van der Waals surface area contributed by atoms with Crippen molar-refractivity contribution in [3.8, 4) is 0 Å². The molecule has 9 nitrogen and oxygen atoms in total. The van der Waals surface area contributed by atoms with Crippen LogP contribution < -0.4 is 0 Å². The number of carbonyl (C=O) groups excluding carboxylic acids is 1. The number of hydrogen-bond donors (Lipinski definition) is 3. The van der Waals surface area contributed by atoms with E-state index in [1.807, 2.05) is 0 Å². The highest BCUT2D eigenvalue weighted by Crippen LogP contribution is 2.43. The van der Waals surface area contributed by atoms with Crippen LogP contribution in [0.15, 0.2) is 85.1 Å². The summed E-state index contributed by atoms with van der Waals surface area (Å²) in [6, 6.07) is 0. The zero-order valence-corrected chi connectivity index (χ0v) is 36.0. The first-order valence-electron chi connectivity index (χ1n) is 21.6. The molecule has 0 radical (unpaired) electrons. The van der Waals surface area contributed by atoms with Crippen LogP contribution >= 0.6 is 7.82 Å². The first-order valence-corrected chi connectivity index (χ1v) is 23.1. The summed E-state index contributed by atoms with van der Waals surface area (Å²) in [6.45, 7) is 3.20. The molecule has 0 aromatic rings. The number of aliphatic hydroxyl groups excluding tert-OH is 2. The molecule has 3 unspecified atom stereocenters. The Balaban J connectivity index is 4.21. The van der Waals surface area contributed by atoms with Gasteiger partial charge in [0.05, 0.1) is 26.4 Å². The van der Waals surface area contributed by atoms with E-state index in [1.54, 1.807) is 0 Å². The second-order valence-corrected chi connectivity index (χ2v) is 15.4. The van der Waals surface area contributed by atoms with Gasteiger partial charge in [-0.25, -0.2) is 4.57 Å². The molecule has 0 saturated carbocycles. The Labute approximate surface area is 341 Å². The van der Waals surface area contributed by atoms with Gasteiger partial charge in [-0.1, -0.05) is 150 Å². The molecule has 0 spiro atoms. The molecular formula is C46H79O9P. The maximum absolute atomic E-state index is 12.6. The second kappa shape index (κ2) is 42.3. The lowest BCUT2D eigenvalue weighted by atomic mass is 10.1.